The molecule has 1 fully saturated rings. The lowest BCUT2D eigenvalue weighted by Crippen LogP contribution is -2.18. The molecule has 2 atom stereocenters. The maximum Gasteiger partial charge on any atom is 0.177 e. The van der Waals surface area contributed by atoms with Crippen molar-refractivity contribution in [2.45, 2.75) is 19.3 Å². The molecule has 92 valence electrons. The maximum absolute atomic E-state index is 5.65. The molecular formula is C14H18O3. The summed E-state index contributed by atoms with van der Waals surface area (Å²) < 4.78 is 16.4. The van der Waals surface area contributed by atoms with Crippen molar-refractivity contribution in [2.75, 3.05) is 19.8 Å². The minimum atomic E-state index is -0.249. The largest absolute Gasteiger partial charge is 0.379 e. The van der Waals surface area contributed by atoms with Gasteiger partial charge >= 0.3 is 0 Å². The number of rotatable bonds is 5. The number of benzene rings is 1. The number of ether oxygens (including phenoxy) is 3. The Morgan fingerprint density at radius 3 is 2.94 bits per heavy atom. The Balaban J connectivity index is 1.79. The highest BCUT2D eigenvalue weighted by Crippen LogP contribution is 2.14. The standard InChI is InChI=1S/C14H18O3/c1-2-15-10-13-11-16-14(17-13)9-8-12-6-4-3-5-7-12/h3-9,13-14H,2,10-11H2,1H3/b9-8+/t13-,14+/m1/s1. The van der Waals surface area contributed by atoms with E-state index in [2.05, 4.69) is 0 Å². The van der Waals surface area contributed by atoms with Crippen LogP contribution < -0.4 is 0 Å². The Bertz CT molecular complexity index is 348. The van der Waals surface area contributed by atoms with Gasteiger partial charge in [-0.15, -0.1) is 0 Å². The van der Waals surface area contributed by atoms with Gasteiger partial charge in [-0.1, -0.05) is 36.4 Å². The quantitative estimate of drug-likeness (QED) is 0.783. The summed E-state index contributed by atoms with van der Waals surface area (Å²) in [4.78, 5) is 0. The van der Waals surface area contributed by atoms with Gasteiger partial charge in [0.25, 0.3) is 0 Å². The molecule has 17 heavy (non-hydrogen) atoms. The Labute approximate surface area is 102 Å². The zero-order chi connectivity index (χ0) is 11.9. The monoisotopic (exact) mass is 234 g/mol. The van der Waals surface area contributed by atoms with Gasteiger partial charge in [-0.25, -0.2) is 0 Å². The Morgan fingerprint density at radius 2 is 2.18 bits per heavy atom. The van der Waals surface area contributed by atoms with Crippen LogP contribution in [0, 0.1) is 0 Å². The van der Waals surface area contributed by atoms with Crippen molar-refractivity contribution in [1.29, 1.82) is 0 Å². The highest BCUT2D eigenvalue weighted by molar-refractivity contribution is 5.49. The van der Waals surface area contributed by atoms with E-state index in [1.165, 1.54) is 0 Å². The molecule has 1 aliphatic heterocycles. The lowest BCUT2D eigenvalue weighted by atomic mass is 10.2. The topological polar surface area (TPSA) is 27.7 Å². The Kier molecular flexibility index (Phi) is 4.74. The molecule has 2 rings (SSSR count). The van der Waals surface area contributed by atoms with E-state index in [1.807, 2.05) is 49.4 Å². The molecule has 1 heterocycles. The third kappa shape index (κ3) is 3.97. The van der Waals surface area contributed by atoms with Crippen molar-refractivity contribution in [2.24, 2.45) is 0 Å². The van der Waals surface area contributed by atoms with Crippen LogP contribution in [-0.4, -0.2) is 32.2 Å². The molecule has 0 saturated carbocycles. The number of hydrogen-bond acceptors (Lipinski definition) is 3. The molecule has 0 aromatic heterocycles. The summed E-state index contributed by atoms with van der Waals surface area (Å²) in [5.41, 5.74) is 1.15. The third-order valence-electron chi connectivity index (χ3n) is 2.53. The van der Waals surface area contributed by atoms with Crippen LogP contribution in [-0.2, 0) is 14.2 Å². The smallest absolute Gasteiger partial charge is 0.177 e. The van der Waals surface area contributed by atoms with Crippen LogP contribution in [0.15, 0.2) is 36.4 Å². The fourth-order valence-electron chi connectivity index (χ4n) is 1.66. The molecule has 0 aliphatic carbocycles. The first kappa shape index (κ1) is 12.3. The lowest BCUT2D eigenvalue weighted by Gasteiger charge is -2.08. The van der Waals surface area contributed by atoms with Crippen molar-refractivity contribution < 1.29 is 14.2 Å². The molecule has 1 aromatic rings. The molecular weight excluding hydrogens is 216 g/mol. The van der Waals surface area contributed by atoms with Gasteiger partial charge in [0.05, 0.1) is 13.2 Å². The molecule has 1 saturated heterocycles. The predicted octanol–water partition coefficient (Wildman–Crippen LogP) is 2.48. The van der Waals surface area contributed by atoms with Crippen LogP contribution in [0.25, 0.3) is 6.08 Å². The van der Waals surface area contributed by atoms with Crippen molar-refractivity contribution in [3.8, 4) is 0 Å². The molecule has 3 nitrogen and oxygen atoms in total. The lowest BCUT2D eigenvalue weighted by molar-refractivity contribution is -0.0382. The molecule has 1 aromatic carbocycles. The van der Waals surface area contributed by atoms with Crippen molar-refractivity contribution >= 4 is 6.08 Å². The fraction of sp³-hybridized carbons (Fsp3) is 0.429. The second-order valence-corrected chi connectivity index (χ2v) is 3.89. The minimum Gasteiger partial charge on any atom is -0.379 e. The Hall–Kier alpha value is -1.16. The summed E-state index contributed by atoms with van der Waals surface area (Å²) in [6.07, 6.45) is 3.75. The van der Waals surface area contributed by atoms with Gasteiger partial charge in [0, 0.05) is 6.61 Å². The van der Waals surface area contributed by atoms with Crippen LogP contribution in [0.3, 0.4) is 0 Å². The second-order valence-electron chi connectivity index (χ2n) is 3.89. The van der Waals surface area contributed by atoms with Crippen molar-refractivity contribution in [3.05, 3.63) is 42.0 Å². The van der Waals surface area contributed by atoms with E-state index in [9.17, 15) is 0 Å². The van der Waals surface area contributed by atoms with Crippen molar-refractivity contribution in [1.82, 2.24) is 0 Å². The molecule has 0 spiro atoms. The summed E-state index contributed by atoms with van der Waals surface area (Å²) in [5, 5.41) is 0. The SMILES string of the molecule is CCOC[C@@H]1CO[C@H](/C=C/c2ccccc2)O1. The third-order valence-corrected chi connectivity index (χ3v) is 2.53. The summed E-state index contributed by atoms with van der Waals surface area (Å²) in [6.45, 7) is 3.89. The zero-order valence-electron chi connectivity index (χ0n) is 10.0. The first-order valence-electron chi connectivity index (χ1n) is 5.96. The first-order chi connectivity index (χ1) is 8.38. The van der Waals surface area contributed by atoms with E-state index in [0.717, 1.165) is 5.56 Å². The van der Waals surface area contributed by atoms with Crippen LogP contribution in [0.2, 0.25) is 0 Å². The molecule has 0 bridgehead atoms. The first-order valence-corrected chi connectivity index (χ1v) is 5.96. The van der Waals surface area contributed by atoms with Gasteiger partial charge < -0.3 is 14.2 Å². The van der Waals surface area contributed by atoms with Gasteiger partial charge in [-0.2, -0.15) is 0 Å². The van der Waals surface area contributed by atoms with Crippen LogP contribution in [0.4, 0.5) is 0 Å². The highest BCUT2D eigenvalue weighted by Gasteiger charge is 2.23. The highest BCUT2D eigenvalue weighted by atomic mass is 16.7. The van der Waals surface area contributed by atoms with E-state index in [1.54, 1.807) is 0 Å². The normalized spacial score (nSPS) is 24.5. The average Bonchev–Trinajstić information content (AvgIpc) is 2.83. The van der Waals surface area contributed by atoms with Crippen LogP contribution >= 0.6 is 0 Å². The molecule has 3 heteroatoms. The number of hydrogen-bond donors (Lipinski definition) is 0. The summed E-state index contributed by atoms with van der Waals surface area (Å²) in [6, 6.07) is 10.1. The average molecular weight is 234 g/mol. The Morgan fingerprint density at radius 1 is 1.35 bits per heavy atom. The summed E-state index contributed by atoms with van der Waals surface area (Å²) >= 11 is 0. The van der Waals surface area contributed by atoms with Crippen LogP contribution in [0.5, 0.6) is 0 Å². The molecule has 0 unspecified atom stereocenters. The van der Waals surface area contributed by atoms with E-state index in [-0.39, 0.29) is 12.4 Å². The van der Waals surface area contributed by atoms with Crippen molar-refractivity contribution in [3.63, 3.8) is 0 Å². The second kappa shape index (κ2) is 6.55. The molecule has 0 amide bonds. The van der Waals surface area contributed by atoms with E-state index in [0.29, 0.717) is 19.8 Å². The predicted molar refractivity (Wildman–Crippen MR) is 66.6 cm³/mol. The molecule has 1 aliphatic rings. The van der Waals surface area contributed by atoms with E-state index in [4.69, 9.17) is 14.2 Å². The van der Waals surface area contributed by atoms with Gasteiger partial charge in [0.2, 0.25) is 0 Å². The molecule has 0 N–H and O–H groups in total. The summed E-state index contributed by atoms with van der Waals surface area (Å²) in [5.74, 6) is 0. The summed E-state index contributed by atoms with van der Waals surface area (Å²) in [7, 11) is 0. The van der Waals surface area contributed by atoms with Gasteiger partial charge in [-0.05, 0) is 18.6 Å². The van der Waals surface area contributed by atoms with E-state index < -0.39 is 0 Å². The minimum absolute atomic E-state index is 0.0559. The van der Waals surface area contributed by atoms with Gasteiger partial charge in [-0.3, -0.25) is 0 Å². The zero-order valence-corrected chi connectivity index (χ0v) is 10.0. The van der Waals surface area contributed by atoms with E-state index >= 15 is 0 Å². The van der Waals surface area contributed by atoms with Gasteiger partial charge in [0.15, 0.2) is 6.29 Å². The van der Waals surface area contributed by atoms with Gasteiger partial charge in [0.1, 0.15) is 6.10 Å². The molecule has 0 radical (unpaired) electrons. The maximum atomic E-state index is 5.65. The fourth-order valence-corrected chi connectivity index (χ4v) is 1.66. The van der Waals surface area contributed by atoms with Crippen LogP contribution in [0.1, 0.15) is 12.5 Å².